The van der Waals surface area contributed by atoms with Gasteiger partial charge < -0.3 is 10.2 Å². The molecular formula is C21H18N2O2. The number of rotatable bonds is 5. The van der Waals surface area contributed by atoms with E-state index in [1.807, 2.05) is 42.5 Å². The van der Waals surface area contributed by atoms with Crippen molar-refractivity contribution < 1.29 is 10.2 Å². The van der Waals surface area contributed by atoms with Crippen LogP contribution in [0.5, 0.6) is 11.5 Å². The van der Waals surface area contributed by atoms with Gasteiger partial charge in [0.1, 0.15) is 11.5 Å². The summed E-state index contributed by atoms with van der Waals surface area (Å²) in [6.07, 6.45) is 2.74. The van der Waals surface area contributed by atoms with Gasteiger partial charge in [0.25, 0.3) is 0 Å². The van der Waals surface area contributed by atoms with Gasteiger partial charge in [0.2, 0.25) is 0 Å². The van der Waals surface area contributed by atoms with Crippen LogP contribution in [0, 0.1) is 0 Å². The highest BCUT2D eigenvalue weighted by atomic mass is 16.3. The summed E-state index contributed by atoms with van der Waals surface area (Å²) >= 11 is 0. The molecule has 25 heavy (non-hydrogen) atoms. The fourth-order valence-electron chi connectivity index (χ4n) is 2.33. The fraction of sp³-hybridized carbons (Fsp3) is 0.0476. The van der Waals surface area contributed by atoms with Gasteiger partial charge in [-0.25, -0.2) is 0 Å². The average Bonchev–Trinajstić information content (AvgIpc) is 2.65. The van der Waals surface area contributed by atoms with Gasteiger partial charge in [-0.2, -0.15) is 0 Å². The zero-order chi connectivity index (χ0) is 17.5. The highest BCUT2D eigenvalue weighted by Crippen LogP contribution is 2.21. The quantitative estimate of drug-likeness (QED) is 0.684. The Morgan fingerprint density at radius 2 is 1.04 bits per heavy atom. The van der Waals surface area contributed by atoms with Gasteiger partial charge in [0, 0.05) is 23.6 Å². The smallest absolute Gasteiger partial charge is 0.165 e. The highest BCUT2D eigenvalue weighted by Gasteiger charge is 2.07. The Balaban J connectivity index is 1.91. The molecule has 0 unspecified atom stereocenters. The molecule has 4 heteroatoms. The summed E-state index contributed by atoms with van der Waals surface area (Å²) in [5, 5.41) is 19.8. The molecule has 3 rings (SSSR count). The maximum Gasteiger partial charge on any atom is 0.165 e. The molecular weight excluding hydrogens is 312 g/mol. The Kier molecular flexibility index (Phi) is 5.22. The fourth-order valence-corrected chi connectivity index (χ4v) is 2.33. The number of phenolic OH excluding ortho intramolecular Hbond substituents is 2. The van der Waals surface area contributed by atoms with Crippen LogP contribution in [0.25, 0.3) is 0 Å². The van der Waals surface area contributed by atoms with Gasteiger partial charge in [-0.05, 0) is 29.8 Å². The molecule has 3 aromatic rings. The monoisotopic (exact) mass is 330 g/mol. The first-order chi connectivity index (χ1) is 12.2. The molecule has 0 aliphatic heterocycles. The van der Waals surface area contributed by atoms with Crippen LogP contribution in [-0.4, -0.2) is 22.6 Å². The van der Waals surface area contributed by atoms with Gasteiger partial charge in [-0.15, -0.1) is 0 Å². The third kappa shape index (κ3) is 4.32. The Bertz CT molecular complexity index is 834. The molecule has 3 aromatic carbocycles. The first-order valence-electron chi connectivity index (χ1n) is 7.91. The second-order valence-electron chi connectivity index (χ2n) is 5.46. The summed E-state index contributed by atoms with van der Waals surface area (Å²) in [5.74, 6) is 0.338. The molecule has 0 saturated carbocycles. The summed E-state index contributed by atoms with van der Waals surface area (Å²) in [6, 6.07) is 23.7. The average molecular weight is 330 g/mol. The Hall–Kier alpha value is -3.40. The Morgan fingerprint density at radius 3 is 1.52 bits per heavy atom. The van der Waals surface area contributed by atoms with E-state index in [0.717, 1.165) is 5.56 Å². The van der Waals surface area contributed by atoms with E-state index in [-0.39, 0.29) is 11.5 Å². The van der Waals surface area contributed by atoms with Gasteiger partial charge in [0.15, 0.2) is 6.17 Å². The molecule has 124 valence electrons. The van der Waals surface area contributed by atoms with Crippen LogP contribution in [0.3, 0.4) is 0 Å². The Morgan fingerprint density at radius 1 is 0.600 bits per heavy atom. The molecule has 4 nitrogen and oxygen atoms in total. The SMILES string of the molecule is Oc1ccccc1C=NC(N=Cc1ccccc1O)c1ccccc1. The molecule has 2 N–H and O–H groups in total. The van der Waals surface area contributed by atoms with Crippen molar-refractivity contribution in [3.63, 3.8) is 0 Å². The predicted octanol–water partition coefficient (Wildman–Crippen LogP) is 4.33. The number of nitrogens with zero attached hydrogens (tertiary/aromatic N) is 2. The standard InChI is InChI=1S/C21H18N2O2/c24-19-12-6-4-10-17(19)14-22-21(16-8-2-1-3-9-16)23-15-18-11-5-7-13-20(18)25/h1-15,21,24-25H. The lowest BCUT2D eigenvalue weighted by Gasteiger charge is -2.08. The third-order valence-electron chi connectivity index (χ3n) is 3.68. The van der Waals surface area contributed by atoms with E-state index in [2.05, 4.69) is 9.98 Å². The van der Waals surface area contributed by atoms with Crippen molar-refractivity contribution in [1.82, 2.24) is 0 Å². The first-order valence-corrected chi connectivity index (χ1v) is 7.91. The number of benzene rings is 3. The summed E-state index contributed by atoms with van der Waals surface area (Å²) < 4.78 is 0. The summed E-state index contributed by atoms with van der Waals surface area (Å²) in [4.78, 5) is 9.01. The van der Waals surface area contributed by atoms with Crippen LogP contribution in [0.15, 0.2) is 88.8 Å². The number of aliphatic imine (C=N–C) groups is 2. The van der Waals surface area contributed by atoms with Gasteiger partial charge >= 0.3 is 0 Å². The zero-order valence-electron chi connectivity index (χ0n) is 13.5. The van der Waals surface area contributed by atoms with E-state index in [1.165, 1.54) is 0 Å². The summed E-state index contributed by atoms with van der Waals surface area (Å²) in [6.45, 7) is 0. The molecule has 0 saturated heterocycles. The van der Waals surface area contributed by atoms with Crippen molar-refractivity contribution in [2.45, 2.75) is 6.17 Å². The summed E-state index contributed by atoms with van der Waals surface area (Å²) in [7, 11) is 0. The minimum Gasteiger partial charge on any atom is -0.507 e. The normalized spacial score (nSPS) is 12.6. The van der Waals surface area contributed by atoms with E-state index < -0.39 is 6.17 Å². The molecule has 0 atom stereocenters. The van der Waals surface area contributed by atoms with Crippen molar-refractivity contribution in [2.24, 2.45) is 9.98 Å². The van der Waals surface area contributed by atoms with Crippen LogP contribution in [-0.2, 0) is 0 Å². The van der Waals surface area contributed by atoms with Crippen molar-refractivity contribution >= 4 is 12.4 Å². The maximum absolute atomic E-state index is 9.88. The number of hydrogen-bond acceptors (Lipinski definition) is 4. The molecule has 0 aliphatic rings. The van der Waals surface area contributed by atoms with E-state index in [4.69, 9.17) is 0 Å². The van der Waals surface area contributed by atoms with Crippen molar-refractivity contribution in [2.75, 3.05) is 0 Å². The minimum absolute atomic E-state index is 0.169. The molecule has 0 aliphatic carbocycles. The van der Waals surface area contributed by atoms with Crippen LogP contribution in [0.4, 0.5) is 0 Å². The second kappa shape index (κ2) is 7.93. The van der Waals surface area contributed by atoms with E-state index in [9.17, 15) is 10.2 Å². The lowest BCUT2D eigenvalue weighted by Crippen LogP contribution is -1.95. The number of phenols is 2. The van der Waals surface area contributed by atoms with E-state index >= 15 is 0 Å². The molecule has 0 heterocycles. The molecule has 0 bridgehead atoms. The van der Waals surface area contributed by atoms with Crippen LogP contribution < -0.4 is 0 Å². The molecule has 0 radical (unpaired) electrons. The molecule has 0 spiro atoms. The van der Waals surface area contributed by atoms with Crippen molar-refractivity contribution in [3.8, 4) is 11.5 Å². The zero-order valence-corrected chi connectivity index (χ0v) is 13.5. The number of para-hydroxylation sites is 2. The molecule has 0 aromatic heterocycles. The van der Waals surface area contributed by atoms with Crippen molar-refractivity contribution in [3.05, 3.63) is 95.6 Å². The lowest BCUT2D eigenvalue weighted by atomic mass is 10.1. The molecule has 0 fully saturated rings. The number of hydrogen-bond donors (Lipinski definition) is 2. The van der Waals surface area contributed by atoms with Crippen LogP contribution in [0.1, 0.15) is 22.9 Å². The topological polar surface area (TPSA) is 65.2 Å². The van der Waals surface area contributed by atoms with E-state index in [1.54, 1.807) is 48.8 Å². The van der Waals surface area contributed by atoms with Crippen LogP contribution in [0.2, 0.25) is 0 Å². The highest BCUT2D eigenvalue weighted by molar-refractivity contribution is 5.85. The Labute approximate surface area is 146 Å². The lowest BCUT2D eigenvalue weighted by molar-refractivity contribution is 0.474. The molecule has 0 amide bonds. The minimum atomic E-state index is -0.472. The largest absolute Gasteiger partial charge is 0.507 e. The number of aromatic hydroxyl groups is 2. The summed E-state index contributed by atoms with van der Waals surface area (Å²) in [5.41, 5.74) is 2.17. The maximum atomic E-state index is 9.88. The first kappa shape index (κ1) is 16.5. The van der Waals surface area contributed by atoms with E-state index in [0.29, 0.717) is 11.1 Å². The second-order valence-corrected chi connectivity index (χ2v) is 5.46. The van der Waals surface area contributed by atoms with Gasteiger partial charge in [-0.3, -0.25) is 9.98 Å². The van der Waals surface area contributed by atoms with Gasteiger partial charge in [0.05, 0.1) is 0 Å². The van der Waals surface area contributed by atoms with Gasteiger partial charge in [-0.1, -0.05) is 54.6 Å². The van der Waals surface area contributed by atoms with Crippen LogP contribution >= 0.6 is 0 Å². The van der Waals surface area contributed by atoms with Crippen molar-refractivity contribution in [1.29, 1.82) is 0 Å². The third-order valence-corrected chi connectivity index (χ3v) is 3.68. The predicted molar refractivity (Wildman–Crippen MR) is 101 cm³/mol.